The van der Waals surface area contributed by atoms with Crippen LogP contribution in [0.5, 0.6) is 5.75 Å². The van der Waals surface area contributed by atoms with Crippen molar-refractivity contribution in [3.63, 3.8) is 0 Å². The molecule has 0 saturated heterocycles. The van der Waals surface area contributed by atoms with Gasteiger partial charge in [-0.1, -0.05) is 40.7 Å². The molecule has 0 aliphatic carbocycles. The Bertz CT molecular complexity index is 455. The summed E-state index contributed by atoms with van der Waals surface area (Å²) in [5.74, 6) is 0.842. The van der Waals surface area contributed by atoms with Crippen molar-refractivity contribution in [2.45, 2.75) is 59.0 Å². The van der Waals surface area contributed by atoms with E-state index in [1.54, 1.807) is 0 Å². The molecule has 0 aromatic heterocycles. The van der Waals surface area contributed by atoms with Crippen LogP contribution in [0.2, 0.25) is 0 Å². The fraction of sp³-hybridized carbons (Fsp3) is 0.647. The molecule has 1 aromatic rings. The van der Waals surface area contributed by atoms with E-state index in [0.29, 0.717) is 13.0 Å². The summed E-state index contributed by atoms with van der Waals surface area (Å²) in [6.07, 6.45) is 1.42. The van der Waals surface area contributed by atoms with Crippen LogP contribution in [0.15, 0.2) is 18.2 Å². The van der Waals surface area contributed by atoms with Crippen LogP contribution in [0.25, 0.3) is 0 Å². The van der Waals surface area contributed by atoms with Crippen molar-refractivity contribution in [1.29, 1.82) is 0 Å². The third-order valence-electron chi connectivity index (χ3n) is 3.77. The van der Waals surface area contributed by atoms with Gasteiger partial charge in [0.25, 0.3) is 0 Å². The molecule has 1 aliphatic heterocycles. The third-order valence-corrected chi connectivity index (χ3v) is 3.77. The van der Waals surface area contributed by atoms with E-state index in [-0.39, 0.29) is 16.9 Å². The number of ether oxygens (including phenoxy) is 1. The average Bonchev–Trinajstić information content (AvgIpc) is 2.26. The first-order valence-corrected chi connectivity index (χ1v) is 7.14. The molecule has 1 aromatic carbocycles. The quantitative estimate of drug-likeness (QED) is 0.865. The first-order valence-electron chi connectivity index (χ1n) is 7.14. The Morgan fingerprint density at radius 1 is 1.21 bits per heavy atom. The molecule has 0 fully saturated rings. The Labute approximate surface area is 116 Å². The second-order valence-corrected chi connectivity index (χ2v) is 7.53. The largest absolute Gasteiger partial charge is 0.493 e. The monoisotopic (exact) mass is 262 g/mol. The van der Waals surface area contributed by atoms with Gasteiger partial charge in [0.15, 0.2) is 0 Å². The number of fused-ring (bicyclic) bond motifs is 1. The number of hydrogen-bond acceptors (Lipinski definition) is 2. The van der Waals surface area contributed by atoms with E-state index >= 15 is 0 Å². The summed E-state index contributed by atoms with van der Waals surface area (Å²) in [6.45, 7) is 12.0. The van der Waals surface area contributed by atoms with Crippen LogP contribution in [0.3, 0.4) is 0 Å². The number of aliphatic hydroxyl groups is 1. The van der Waals surface area contributed by atoms with Crippen LogP contribution in [-0.4, -0.2) is 11.7 Å². The van der Waals surface area contributed by atoms with E-state index in [1.807, 2.05) is 6.07 Å². The van der Waals surface area contributed by atoms with Gasteiger partial charge in [-0.2, -0.15) is 0 Å². The molecule has 1 atom stereocenters. The van der Waals surface area contributed by atoms with Crippen molar-refractivity contribution < 1.29 is 9.84 Å². The zero-order valence-corrected chi connectivity index (χ0v) is 12.8. The maximum Gasteiger partial charge on any atom is 0.125 e. The highest BCUT2D eigenvalue weighted by Gasteiger charge is 2.29. The van der Waals surface area contributed by atoms with E-state index in [4.69, 9.17) is 4.74 Å². The van der Waals surface area contributed by atoms with Crippen LogP contribution >= 0.6 is 0 Å². The van der Waals surface area contributed by atoms with Gasteiger partial charge in [0.2, 0.25) is 0 Å². The fourth-order valence-electron chi connectivity index (χ4n) is 3.23. The summed E-state index contributed by atoms with van der Waals surface area (Å²) >= 11 is 0. The maximum atomic E-state index is 10.1. The minimum Gasteiger partial charge on any atom is -0.493 e. The molecular weight excluding hydrogens is 236 g/mol. The predicted molar refractivity (Wildman–Crippen MR) is 78.6 cm³/mol. The van der Waals surface area contributed by atoms with Crippen molar-refractivity contribution in [3.8, 4) is 5.75 Å². The second kappa shape index (κ2) is 4.82. The second-order valence-electron chi connectivity index (χ2n) is 7.53. The maximum absolute atomic E-state index is 10.1. The lowest BCUT2D eigenvalue weighted by atomic mass is 9.72. The smallest absolute Gasteiger partial charge is 0.125 e. The van der Waals surface area contributed by atoms with Crippen LogP contribution < -0.4 is 4.74 Å². The van der Waals surface area contributed by atoms with E-state index in [9.17, 15) is 5.11 Å². The number of rotatable bonds is 2. The average molecular weight is 262 g/mol. The zero-order valence-electron chi connectivity index (χ0n) is 12.8. The van der Waals surface area contributed by atoms with Crippen LogP contribution in [0, 0.1) is 5.41 Å². The minimum absolute atomic E-state index is 0.102. The molecule has 2 rings (SSSR count). The van der Waals surface area contributed by atoms with Gasteiger partial charge in [0.05, 0.1) is 12.7 Å². The molecule has 0 bridgehead atoms. The molecule has 0 amide bonds. The zero-order chi connectivity index (χ0) is 14.3. The van der Waals surface area contributed by atoms with E-state index in [0.717, 1.165) is 17.7 Å². The lowest BCUT2D eigenvalue weighted by molar-refractivity contribution is 0.115. The molecule has 2 nitrogen and oxygen atoms in total. The van der Waals surface area contributed by atoms with Crippen molar-refractivity contribution in [2.24, 2.45) is 5.41 Å². The van der Waals surface area contributed by atoms with Crippen molar-refractivity contribution in [2.75, 3.05) is 6.61 Å². The van der Waals surface area contributed by atoms with Crippen molar-refractivity contribution in [3.05, 3.63) is 29.3 Å². The molecule has 19 heavy (non-hydrogen) atoms. The normalized spacial score (nSPS) is 19.8. The van der Waals surface area contributed by atoms with Crippen molar-refractivity contribution >= 4 is 0 Å². The summed E-state index contributed by atoms with van der Waals surface area (Å²) in [6, 6.07) is 6.28. The molecule has 106 valence electrons. The van der Waals surface area contributed by atoms with Gasteiger partial charge in [-0.05, 0) is 34.9 Å². The van der Waals surface area contributed by atoms with Gasteiger partial charge in [0, 0.05) is 12.0 Å². The van der Waals surface area contributed by atoms with Crippen LogP contribution in [0.1, 0.15) is 64.7 Å². The summed E-state index contributed by atoms with van der Waals surface area (Å²) in [5.41, 5.74) is 2.62. The Balaban J connectivity index is 2.33. The molecule has 1 N–H and O–H groups in total. The predicted octanol–water partition coefficient (Wildman–Crippen LogP) is 4.22. The molecule has 1 aliphatic rings. The van der Waals surface area contributed by atoms with E-state index < -0.39 is 0 Å². The topological polar surface area (TPSA) is 29.5 Å². The summed E-state index contributed by atoms with van der Waals surface area (Å²) in [4.78, 5) is 0. The number of benzene rings is 1. The van der Waals surface area contributed by atoms with Gasteiger partial charge < -0.3 is 9.84 Å². The highest BCUT2D eigenvalue weighted by atomic mass is 16.5. The Morgan fingerprint density at radius 3 is 2.53 bits per heavy atom. The van der Waals surface area contributed by atoms with E-state index in [2.05, 4.69) is 46.8 Å². The molecule has 0 saturated carbocycles. The van der Waals surface area contributed by atoms with Gasteiger partial charge in [0.1, 0.15) is 5.75 Å². The first kappa shape index (κ1) is 14.4. The van der Waals surface area contributed by atoms with Gasteiger partial charge in [-0.3, -0.25) is 0 Å². The highest BCUT2D eigenvalue weighted by molar-refractivity contribution is 5.42. The van der Waals surface area contributed by atoms with Crippen molar-refractivity contribution in [1.82, 2.24) is 0 Å². The lowest BCUT2D eigenvalue weighted by Crippen LogP contribution is -2.25. The Hall–Kier alpha value is -1.02. The first-order chi connectivity index (χ1) is 8.69. The lowest BCUT2D eigenvalue weighted by Gasteiger charge is -2.34. The molecule has 2 heteroatoms. The third kappa shape index (κ3) is 3.30. The highest BCUT2D eigenvalue weighted by Crippen LogP contribution is 2.40. The number of aliphatic hydroxyl groups excluding tert-OH is 1. The molecular formula is C17H26O2. The van der Waals surface area contributed by atoms with Crippen LogP contribution in [-0.2, 0) is 5.41 Å². The van der Waals surface area contributed by atoms with Crippen LogP contribution in [0.4, 0.5) is 0 Å². The molecule has 1 unspecified atom stereocenters. The van der Waals surface area contributed by atoms with Gasteiger partial charge in [-0.25, -0.2) is 0 Å². The van der Waals surface area contributed by atoms with E-state index in [1.165, 1.54) is 5.56 Å². The van der Waals surface area contributed by atoms with Gasteiger partial charge in [-0.15, -0.1) is 0 Å². The summed E-state index contributed by atoms with van der Waals surface area (Å²) < 4.78 is 5.60. The molecule has 0 spiro atoms. The number of hydrogen-bond donors (Lipinski definition) is 1. The van der Waals surface area contributed by atoms with Gasteiger partial charge >= 0.3 is 0 Å². The molecule has 0 radical (unpaired) electrons. The minimum atomic E-state index is -0.380. The standard InChI is InChI=1S/C17H26O2/c1-16(2,3)11-17(4,5)12-6-7-15-13(10-12)14(18)8-9-19-15/h6-7,10,14,18H,8-9,11H2,1-5H3. The molecule has 1 heterocycles. The summed E-state index contributed by atoms with van der Waals surface area (Å²) in [5, 5.41) is 10.1. The Kier molecular flexibility index (Phi) is 3.65. The Morgan fingerprint density at radius 2 is 1.89 bits per heavy atom. The SMILES string of the molecule is CC(C)(C)CC(C)(C)c1ccc2c(c1)C(O)CCO2. The summed E-state index contributed by atoms with van der Waals surface area (Å²) in [7, 11) is 0. The fourth-order valence-corrected chi connectivity index (χ4v) is 3.23.